The van der Waals surface area contributed by atoms with E-state index in [4.69, 9.17) is 25.9 Å². The van der Waals surface area contributed by atoms with E-state index < -0.39 is 102 Å². The van der Waals surface area contributed by atoms with Gasteiger partial charge in [-0.25, -0.2) is 0 Å². The lowest BCUT2D eigenvalue weighted by molar-refractivity contribution is -0.440. The lowest BCUT2D eigenvalue weighted by Crippen LogP contribution is -2.70. The molecular weight excluding hydrogens is 941 g/mol. The van der Waals surface area contributed by atoms with Gasteiger partial charge in [0.05, 0.1) is 43.1 Å². The number of nitrogens with zero attached hydrogens (tertiary/aromatic N) is 1. The fourth-order valence-electron chi connectivity index (χ4n) is 7.51. The van der Waals surface area contributed by atoms with Crippen LogP contribution >= 0.6 is 11.6 Å². The van der Waals surface area contributed by atoms with E-state index >= 15 is 0 Å². The van der Waals surface area contributed by atoms with E-state index in [9.17, 15) is 66.7 Å². The second-order valence-corrected chi connectivity index (χ2v) is 19.8. The van der Waals surface area contributed by atoms with E-state index in [2.05, 4.69) is 0 Å². The molecule has 2 rings (SSSR count). The van der Waals surface area contributed by atoms with Crippen molar-refractivity contribution in [1.29, 1.82) is 0 Å². The van der Waals surface area contributed by atoms with Crippen LogP contribution in [0.3, 0.4) is 0 Å². The predicted molar refractivity (Wildman–Crippen MR) is 227 cm³/mol. The summed E-state index contributed by atoms with van der Waals surface area (Å²) < 4.78 is 192. The van der Waals surface area contributed by atoms with Gasteiger partial charge >= 0.3 is 47.7 Å². The van der Waals surface area contributed by atoms with Gasteiger partial charge < -0.3 is 9.47 Å². The van der Waals surface area contributed by atoms with E-state index in [0.717, 1.165) is 16.7 Å². The minimum atomic E-state index is -8.08. The highest BCUT2D eigenvalue weighted by Gasteiger charge is 2.90. The number of carbonyl (C=O) groups is 2. The van der Waals surface area contributed by atoms with Gasteiger partial charge in [0.25, 0.3) is 0 Å². The number of benzene rings is 2. The number of unbranched alkanes of at least 4 members (excludes halogenated alkanes) is 1. The molecule has 0 amide bonds. The molecule has 0 bridgehead atoms. The van der Waals surface area contributed by atoms with Crippen molar-refractivity contribution in [2.75, 3.05) is 13.2 Å². The highest BCUT2D eigenvalue weighted by Crippen LogP contribution is 2.61. The normalized spacial score (nSPS) is 15.9. The Morgan fingerprint density at radius 3 is 1.63 bits per heavy atom. The molecule has 0 fully saturated rings. The van der Waals surface area contributed by atoms with Crippen LogP contribution in [0.5, 0.6) is 0 Å². The number of hydrogen-bond donors (Lipinski definition) is 0. The van der Waals surface area contributed by atoms with E-state index in [0.29, 0.717) is 12.8 Å². The standard InChI is InChI=1S/C47H63ClF13NO5/c1-12-13-24-65-37(63)34(27-40(8,9)30(4)32-21-19-31(28-48)20-22-32)26-35(41(10,11)67-62(39(5,6)7)36(29(2)3)33-17-15-14-16-18-33)38(64)66-25-23-42(49,50)43(51,52)44(53,54)45(55,56)46(57,58)47(59,60)61/h14-22,29-30,34-36H,12-13,23-28H2,1-11H3. The first kappa shape index (κ1) is 59.8. The van der Waals surface area contributed by atoms with Crippen LogP contribution in [-0.4, -0.2) is 77.1 Å². The molecule has 2 aromatic rings. The maximum atomic E-state index is 15.0. The average molecular weight is 1000 g/mol. The first-order chi connectivity index (χ1) is 30.3. The van der Waals surface area contributed by atoms with Gasteiger partial charge in [-0.1, -0.05) is 103 Å². The Morgan fingerprint density at radius 1 is 0.657 bits per heavy atom. The Bertz CT molecular complexity index is 1890. The zero-order valence-corrected chi connectivity index (χ0v) is 40.3. The van der Waals surface area contributed by atoms with Crippen LogP contribution in [0, 0.1) is 23.2 Å². The average Bonchev–Trinajstić information content (AvgIpc) is 3.20. The van der Waals surface area contributed by atoms with Crippen molar-refractivity contribution in [3.05, 3.63) is 71.3 Å². The van der Waals surface area contributed by atoms with Gasteiger partial charge in [0, 0.05) is 11.4 Å². The summed E-state index contributed by atoms with van der Waals surface area (Å²) in [5.74, 6) is -43.5. The van der Waals surface area contributed by atoms with Crippen molar-refractivity contribution in [3.8, 4) is 0 Å². The van der Waals surface area contributed by atoms with E-state index in [-0.39, 0.29) is 30.7 Å². The molecule has 0 aliphatic carbocycles. The van der Waals surface area contributed by atoms with Gasteiger partial charge in [-0.3, -0.25) is 14.4 Å². The fourth-order valence-corrected chi connectivity index (χ4v) is 7.69. The summed E-state index contributed by atoms with van der Waals surface area (Å²) in [6.07, 6.45) is -9.79. The number of alkyl halides is 14. The zero-order valence-electron chi connectivity index (χ0n) is 39.5. The van der Waals surface area contributed by atoms with Gasteiger partial charge in [0.1, 0.15) is 0 Å². The summed E-state index contributed by atoms with van der Waals surface area (Å²) in [6, 6.07) is 15.8. The van der Waals surface area contributed by atoms with Crippen molar-refractivity contribution in [1.82, 2.24) is 5.06 Å². The van der Waals surface area contributed by atoms with E-state index in [1.807, 2.05) is 77.9 Å². The minimum Gasteiger partial charge on any atom is -0.465 e. The largest absolute Gasteiger partial charge is 0.465 e. The molecule has 67 heavy (non-hydrogen) atoms. The van der Waals surface area contributed by atoms with Crippen molar-refractivity contribution in [3.63, 3.8) is 0 Å². The molecule has 2 aromatic carbocycles. The number of halogens is 14. The van der Waals surface area contributed by atoms with Crippen LogP contribution in [0.25, 0.3) is 0 Å². The Labute approximate surface area is 389 Å². The van der Waals surface area contributed by atoms with E-state index in [1.54, 1.807) is 44.0 Å². The highest BCUT2D eigenvalue weighted by molar-refractivity contribution is 6.17. The van der Waals surface area contributed by atoms with Crippen molar-refractivity contribution < 1.29 is 81.0 Å². The van der Waals surface area contributed by atoms with Crippen molar-refractivity contribution in [2.24, 2.45) is 23.2 Å². The minimum absolute atomic E-state index is 0.00594. The van der Waals surface area contributed by atoms with Crippen LogP contribution in [0.1, 0.15) is 137 Å². The molecule has 0 radical (unpaired) electrons. The zero-order chi connectivity index (χ0) is 52.0. The summed E-state index contributed by atoms with van der Waals surface area (Å²) in [5.41, 5.74) is -1.08. The molecule has 0 N–H and O–H groups in total. The second kappa shape index (κ2) is 22.2. The topological polar surface area (TPSA) is 65.1 Å². The number of ether oxygens (including phenoxy) is 2. The lowest BCUT2D eigenvalue weighted by Gasteiger charge is -2.48. The molecular formula is C47H63ClF13NO5. The monoisotopic (exact) mass is 1000 g/mol. The molecule has 0 saturated heterocycles. The number of hydroxylamine groups is 2. The molecule has 0 aromatic heterocycles. The van der Waals surface area contributed by atoms with Gasteiger partial charge in [0.15, 0.2) is 0 Å². The van der Waals surface area contributed by atoms with Crippen molar-refractivity contribution >= 4 is 23.5 Å². The molecule has 0 heterocycles. The Hall–Kier alpha value is -3.32. The third kappa shape index (κ3) is 13.7. The first-order valence-corrected chi connectivity index (χ1v) is 22.3. The van der Waals surface area contributed by atoms with Gasteiger partial charge in [-0.15, -0.1) is 11.6 Å². The number of rotatable bonds is 25. The molecule has 0 aliphatic heterocycles. The Kier molecular flexibility index (Phi) is 19.8. The molecule has 0 spiro atoms. The summed E-state index contributed by atoms with van der Waals surface area (Å²) in [7, 11) is 0. The second-order valence-electron chi connectivity index (χ2n) is 19.5. The maximum absolute atomic E-state index is 15.0. The van der Waals surface area contributed by atoms with Crippen LogP contribution in [0.2, 0.25) is 0 Å². The summed E-state index contributed by atoms with van der Waals surface area (Å²) in [4.78, 5) is 35.1. The number of esters is 2. The first-order valence-electron chi connectivity index (χ1n) is 21.8. The summed E-state index contributed by atoms with van der Waals surface area (Å²) >= 11 is 5.98. The Balaban J connectivity index is 2.74. The van der Waals surface area contributed by atoms with Gasteiger partial charge in [0.2, 0.25) is 0 Å². The third-order valence-electron chi connectivity index (χ3n) is 12.0. The SMILES string of the molecule is CCCCOC(=O)C(CC(C(=O)OCCC(F)(F)C(F)(F)C(F)(F)C(F)(F)C(F)(F)C(F)(F)F)C(C)(C)ON(C(c1ccccc1)C(C)C)C(C)(C)C)CC(C)(C)C(C)c1ccc(CCl)cc1. The molecule has 4 atom stereocenters. The van der Waals surface area contributed by atoms with Gasteiger partial charge in [-0.05, 0) is 87.8 Å². The molecule has 0 saturated carbocycles. The number of hydrogen-bond acceptors (Lipinski definition) is 6. The quantitative estimate of drug-likeness (QED) is 0.0325. The van der Waals surface area contributed by atoms with Crippen LogP contribution in [-0.2, 0) is 29.8 Å². The molecule has 0 aliphatic rings. The predicted octanol–water partition coefficient (Wildman–Crippen LogP) is 14.8. The van der Waals surface area contributed by atoms with Crippen LogP contribution < -0.4 is 0 Å². The highest BCUT2D eigenvalue weighted by atomic mass is 35.5. The smallest absolute Gasteiger partial charge is 0.460 e. The lowest BCUT2D eigenvalue weighted by atomic mass is 9.68. The Morgan fingerprint density at radius 2 is 1.16 bits per heavy atom. The van der Waals surface area contributed by atoms with Crippen LogP contribution in [0.4, 0.5) is 57.1 Å². The van der Waals surface area contributed by atoms with Gasteiger partial charge in [-0.2, -0.15) is 62.1 Å². The van der Waals surface area contributed by atoms with Crippen LogP contribution in [0.15, 0.2) is 54.6 Å². The molecule has 4 unspecified atom stereocenters. The summed E-state index contributed by atoms with van der Waals surface area (Å²) in [6.45, 7) is 17.3. The maximum Gasteiger partial charge on any atom is 0.460 e. The third-order valence-corrected chi connectivity index (χ3v) is 12.3. The molecule has 20 heteroatoms. The molecule has 384 valence electrons. The fraction of sp³-hybridized carbons (Fsp3) is 0.702. The van der Waals surface area contributed by atoms with Crippen molar-refractivity contribution in [2.45, 2.75) is 173 Å². The summed E-state index contributed by atoms with van der Waals surface area (Å²) in [5, 5.41) is 1.58. The molecule has 6 nitrogen and oxygen atoms in total. The van der Waals surface area contributed by atoms with E-state index in [1.165, 1.54) is 13.8 Å². The number of carbonyl (C=O) groups excluding carboxylic acids is 2.